The van der Waals surface area contributed by atoms with E-state index in [-0.39, 0.29) is 23.5 Å². The van der Waals surface area contributed by atoms with Crippen molar-refractivity contribution in [3.05, 3.63) is 28.5 Å². The van der Waals surface area contributed by atoms with Crippen LogP contribution in [0.1, 0.15) is 30.1 Å². The van der Waals surface area contributed by atoms with E-state index < -0.39 is 17.8 Å². The van der Waals surface area contributed by atoms with Crippen LogP contribution in [-0.2, 0) is 17.5 Å². The zero-order valence-corrected chi connectivity index (χ0v) is 12.1. The number of hydrogen-bond acceptors (Lipinski definition) is 2. The first-order valence-electron chi connectivity index (χ1n) is 6.05. The normalized spacial score (nSPS) is 15.2. The van der Waals surface area contributed by atoms with Crippen molar-refractivity contribution in [3.8, 4) is 0 Å². The van der Waals surface area contributed by atoms with Crippen LogP contribution in [0, 0.1) is 0 Å². The smallest absolute Gasteiger partial charge is 0.351 e. The fourth-order valence-corrected chi connectivity index (χ4v) is 2.71. The van der Waals surface area contributed by atoms with E-state index in [1.165, 1.54) is 6.08 Å². The first-order valence-corrected chi connectivity index (χ1v) is 6.85. The largest absolute Gasteiger partial charge is 0.436 e. The van der Waals surface area contributed by atoms with Crippen LogP contribution in [0.15, 0.2) is 17.1 Å². The van der Waals surface area contributed by atoms with Crippen molar-refractivity contribution >= 4 is 21.8 Å². The summed E-state index contributed by atoms with van der Waals surface area (Å²) in [5, 5.41) is 6.07. The third-order valence-corrected chi connectivity index (χ3v) is 3.68. The lowest BCUT2D eigenvalue weighted by atomic mass is 10.2. The molecule has 4 nitrogen and oxygen atoms in total. The van der Waals surface area contributed by atoms with E-state index in [1.807, 2.05) is 0 Å². The Labute approximate surface area is 122 Å². The van der Waals surface area contributed by atoms with Crippen LogP contribution in [0.25, 0.3) is 0 Å². The predicted octanol–water partition coefficient (Wildman–Crippen LogP) is 2.84. The van der Waals surface area contributed by atoms with Gasteiger partial charge in [-0.15, -0.1) is 6.58 Å². The highest BCUT2D eigenvalue weighted by Gasteiger charge is 2.41. The minimum absolute atomic E-state index is 0.0418. The Morgan fingerprint density at radius 1 is 1.55 bits per heavy atom. The van der Waals surface area contributed by atoms with E-state index in [9.17, 15) is 18.0 Å². The third kappa shape index (κ3) is 3.23. The van der Waals surface area contributed by atoms with Crippen molar-refractivity contribution in [3.63, 3.8) is 0 Å². The van der Waals surface area contributed by atoms with Crippen LogP contribution >= 0.6 is 15.9 Å². The highest BCUT2D eigenvalue weighted by molar-refractivity contribution is 9.10. The number of hydrogen-bond donors (Lipinski definition) is 1. The summed E-state index contributed by atoms with van der Waals surface area (Å²) in [6.45, 7) is 3.49. The number of nitrogens with zero attached hydrogens (tertiary/aromatic N) is 2. The zero-order chi connectivity index (χ0) is 14.9. The molecular formula is C12H13BrF3N3O. The molecule has 0 aromatic carbocycles. The molecule has 1 fully saturated rings. The van der Waals surface area contributed by atoms with Gasteiger partial charge >= 0.3 is 6.18 Å². The van der Waals surface area contributed by atoms with E-state index in [0.717, 1.165) is 17.5 Å². The SMILES string of the molecule is C=CCNC(=O)Cn1nc(C(F)(F)F)c(Br)c1C1CC1. The Kier molecular flexibility index (Phi) is 4.22. The summed E-state index contributed by atoms with van der Waals surface area (Å²) >= 11 is 2.97. The highest BCUT2D eigenvalue weighted by Crippen LogP contribution is 2.46. The Hall–Kier alpha value is -1.31. The Morgan fingerprint density at radius 3 is 2.70 bits per heavy atom. The van der Waals surface area contributed by atoms with Crippen molar-refractivity contribution < 1.29 is 18.0 Å². The fourth-order valence-electron chi connectivity index (χ4n) is 1.88. The summed E-state index contributed by atoms with van der Waals surface area (Å²) in [5.41, 5.74) is -0.526. The molecule has 8 heteroatoms. The monoisotopic (exact) mass is 351 g/mol. The number of carbonyl (C=O) groups is 1. The Morgan fingerprint density at radius 2 is 2.20 bits per heavy atom. The van der Waals surface area contributed by atoms with E-state index in [1.54, 1.807) is 0 Å². The van der Waals surface area contributed by atoms with Gasteiger partial charge in [-0.1, -0.05) is 6.08 Å². The molecule has 1 N–H and O–H groups in total. The van der Waals surface area contributed by atoms with Crippen molar-refractivity contribution in [2.75, 3.05) is 6.54 Å². The topological polar surface area (TPSA) is 46.9 Å². The molecule has 0 saturated heterocycles. The number of halogens is 4. The molecule has 0 unspecified atom stereocenters. The number of aromatic nitrogens is 2. The average molecular weight is 352 g/mol. The summed E-state index contributed by atoms with van der Waals surface area (Å²) < 4.78 is 39.6. The van der Waals surface area contributed by atoms with E-state index in [0.29, 0.717) is 5.69 Å². The lowest BCUT2D eigenvalue weighted by molar-refractivity contribution is -0.142. The van der Waals surface area contributed by atoms with Crippen LogP contribution in [0.5, 0.6) is 0 Å². The van der Waals surface area contributed by atoms with Gasteiger partial charge in [-0.05, 0) is 28.8 Å². The lowest BCUT2D eigenvalue weighted by Gasteiger charge is -2.06. The number of alkyl halides is 3. The van der Waals surface area contributed by atoms with E-state index in [2.05, 4.69) is 32.9 Å². The molecule has 1 aliphatic rings. The number of nitrogens with one attached hydrogen (secondary N) is 1. The average Bonchev–Trinajstić information content (AvgIpc) is 3.11. The minimum Gasteiger partial charge on any atom is -0.351 e. The number of carbonyl (C=O) groups excluding carboxylic acids is 1. The van der Waals surface area contributed by atoms with Gasteiger partial charge in [0.25, 0.3) is 0 Å². The molecule has 1 aromatic rings. The van der Waals surface area contributed by atoms with Gasteiger partial charge in [0, 0.05) is 12.5 Å². The maximum atomic E-state index is 12.8. The fraction of sp³-hybridized carbons (Fsp3) is 0.500. The maximum Gasteiger partial charge on any atom is 0.436 e. The van der Waals surface area contributed by atoms with Crippen molar-refractivity contribution in [2.45, 2.75) is 31.5 Å². The third-order valence-electron chi connectivity index (χ3n) is 2.90. The first-order chi connectivity index (χ1) is 9.34. The molecule has 0 aliphatic heterocycles. The second kappa shape index (κ2) is 5.59. The molecule has 110 valence electrons. The molecule has 2 rings (SSSR count). The van der Waals surface area contributed by atoms with Crippen LogP contribution in [-0.4, -0.2) is 22.2 Å². The molecule has 20 heavy (non-hydrogen) atoms. The van der Waals surface area contributed by atoms with Gasteiger partial charge in [0.2, 0.25) is 5.91 Å². The molecule has 1 aliphatic carbocycles. The van der Waals surface area contributed by atoms with Crippen LogP contribution in [0.2, 0.25) is 0 Å². The van der Waals surface area contributed by atoms with Crippen LogP contribution < -0.4 is 5.32 Å². The molecule has 0 spiro atoms. The zero-order valence-electron chi connectivity index (χ0n) is 10.5. The minimum atomic E-state index is -4.54. The molecule has 0 atom stereocenters. The predicted molar refractivity (Wildman–Crippen MR) is 70.1 cm³/mol. The van der Waals surface area contributed by atoms with Crippen LogP contribution in [0.3, 0.4) is 0 Å². The summed E-state index contributed by atoms with van der Waals surface area (Å²) in [4.78, 5) is 11.6. The van der Waals surface area contributed by atoms with Crippen LogP contribution in [0.4, 0.5) is 13.2 Å². The van der Waals surface area contributed by atoms with E-state index in [4.69, 9.17) is 0 Å². The molecule has 1 saturated carbocycles. The summed E-state index contributed by atoms with van der Waals surface area (Å²) in [6, 6.07) is 0. The second-order valence-electron chi connectivity index (χ2n) is 4.57. The van der Waals surface area contributed by atoms with Gasteiger partial charge < -0.3 is 5.32 Å². The number of rotatable bonds is 5. The van der Waals surface area contributed by atoms with Gasteiger partial charge in [-0.3, -0.25) is 9.48 Å². The molecule has 1 amide bonds. The van der Waals surface area contributed by atoms with Crippen molar-refractivity contribution in [1.82, 2.24) is 15.1 Å². The van der Waals surface area contributed by atoms with Gasteiger partial charge in [-0.2, -0.15) is 18.3 Å². The summed E-state index contributed by atoms with van der Waals surface area (Å²) in [6.07, 6.45) is -1.41. The van der Waals surface area contributed by atoms with Gasteiger partial charge in [0.1, 0.15) is 6.54 Å². The first kappa shape index (κ1) is 15.1. The molecular weight excluding hydrogens is 339 g/mol. The lowest BCUT2D eigenvalue weighted by Crippen LogP contribution is -2.28. The van der Waals surface area contributed by atoms with Gasteiger partial charge in [0.15, 0.2) is 5.69 Å². The highest BCUT2D eigenvalue weighted by atomic mass is 79.9. The summed E-state index contributed by atoms with van der Waals surface area (Å²) in [5.74, 6) is -0.351. The quantitative estimate of drug-likeness (QED) is 0.829. The maximum absolute atomic E-state index is 12.8. The number of amides is 1. The van der Waals surface area contributed by atoms with Gasteiger partial charge in [0.05, 0.1) is 10.2 Å². The second-order valence-corrected chi connectivity index (χ2v) is 5.36. The van der Waals surface area contributed by atoms with E-state index >= 15 is 0 Å². The van der Waals surface area contributed by atoms with Gasteiger partial charge in [-0.25, -0.2) is 0 Å². The standard InChI is InChI=1S/C12H13BrF3N3O/c1-2-5-17-8(20)6-19-10(7-3-4-7)9(13)11(18-19)12(14,15)16/h2,7H,1,3-6H2,(H,17,20). The van der Waals surface area contributed by atoms with Crippen molar-refractivity contribution in [2.24, 2.45) is 0 Å². The molecule has 1 aromatic heterocycles. The molecule has 1 heterocycles. The Balaban J connectivity index is 2.27. The molecule has 0 radical (unpaired) electrons. The van der Waals surface area contributed by atoms with Crippen molar-refractivity contribution in [1.29, 1.82) is 0 Å². The molecule has 0 bridgehead atoms. The Bertz CT molecular complexity index is 535. The summed E-state index contributed by atoms with van der Waals surface area (Å²) in [7, 11) is 0.